The third-order valence-corrected chi connectivity index (χ3v) is 4.45. The van der Waals surface area contributed by atoms with E-state index in [0.717, 1.165) is 18.9 Å². The molecule has 2 aromatic rings. The average Bonchev–Trinajstić information content (AvgIpc) is 2.91. The van der Waals surface area contributed by atoms with Crippen molar-refractivity contribution in [3.05, 3.63) is 41.3 Å². The van der Waals surface area contributed by atoms with Gasteiger partial charge in [-0.05, 0) is 31.0 Å². The first kappa shape index (κ1) is 17.5. The van der Waals surface area contributed by atoms with Crippen LogP contribution in [0.15, 0.2) is 30.6 Å². The van der Waals surface area contributed by atoms with Crippen molar-refractivity contribution in [1.29, 1.82) is 0 Å². The van der Waals surface area contributed by atoms with Gasteiger partial charge in [0.1, 0.15) is 17.3 Å². The van der Waals surface area contributed by atoms with E-state index in [1.807, 2.05) is 0 Å². The smallest absolute Gasteiger partial charge is 0.275 e. The van der Waals surface area contributed by atoms with Gasteiger partial charge in [-0.2, -0.15) is 0 Å². The zero-order chi connectivity index (χ0) is 17.6. The number of amides is 1. The maximum atomic E-state index is 12.4. The first-order valence-electron chi connectivity index (χ1n) is 8.39. The van der Waals surface area contributed by atoms with Gasteiger partial charge in [0.15, 0.2) is 0 Å². The number of nitrogens with one attached hydrogen (secondary N) is 1. The fourth-order valence-corrected chi connectivity index (χ4v) is 3.04. The Morgan fingerprint density at radius 2 is 1.92 bits per heavy atom. The molecule has 0 atom stereocenters. The standard InChI is InChI=1S/C18H21ClN4O2/c1-25-16-7-6-13(19)10-14(16)22-18(24)15-11-21-17(12-20-15)23-8-4-2-3-5-9-23/h6-7,10-12H,2-5,8-9H2,1H3,(H,22,24). The second-order valence-electron chi connectivity index (χ2n) is 5.96. The minimum atomic E-state index is -0.351. The van der Waals surface area contributed by atoms with Crippen molar-refractivity contribution in [2.45, 2.75) is 25.7 Å². The molecule has 0 bridgehead atoms. The monoisotopic (exact) mass is 360 g/mol. The van der Waals surface area contributed by atoms with Gasteiger partial charge in [0, 0.05) is 18.1 Å². The normalized spacial score (nSPS) is 14.7. The highest BCUT2D eigenvalue weighted by atomic mass is 35.5. The van der Waals surface area contributed by atoms with Crippen molar-refractivity contribution in [1.82, 2.24) is 9.97 Å². The van der Waals surface area contributed by atoms with Gasteiger partial charge in [-0.3, -0.25) is 4.79 Å². The van der Waals surface area contributed by atoms with Crippen molar-refractivity contribution in [3.8, 4) is 5.75 Å². The summed E-state index contributed by atoms with van der Waals surface area (Å²) in [6, 6.07) is 5.04. The van der Waals surface area contributed by atoms with Gasteiger partial charge in [-0.15, -0.1) is 0 Å². The number of aromatic nitrogens is 2. The quantitative estimate of drug-likeness (QED) is 0.898. The first-order valence-corrected chi connectivity index (χ1v) is 8.77. The molecular weight excluding hydrogens is 340 g/mol. The van der Waals surface area contributed by atoms with Gasteiger partial charge >= 0.3 is 0 Å². The molecule has 1 aliphatic rings. The number of carbonyl (C=O) groups is 1. The van der Waals surface area contributed by atoms with Crippen molar-refractivity contribution >= 4 is 29.0 Å². The molecule has 0 radical (unpaired) electrons. The number of ether oxygens (including phenoxy) is 1. The van der Waals surface area contributed by atoms with E-state index in [-0.39, 0.29) is 11.6 Å². The Morgan fingerprint density at radius 3 is 2.56 bits per heavy atom. The molecule has 1 aliphatic heterocycles. The molecule has 3 rings (SSSR count). The summed E-state index contributed by atoms with van der Waals surface area (Å²) in [6.45, 7) is 1.97. The van der Waals surface area contributed by atoms with E-state index in [1.54, 1.807) is 24.4 Å². The van der Waals surface area contributed by atoms with Crippen LogP contribution in [0, 0.1) is 0 Å². The maximum Gasteiger partial charge on any atom is 0.275 e. The lowest BCUT2D eigenvalue weighted by atomic mass is 10.2. The summed E-state index contributed by atoms with van der Waals surface area (Å²) in [5.74, 6) is 1.00. The molecule has 1 fully saturated rings. The highest BCUT2D eigenvalue weighted by Crippen LogP contribution is 2.28. The minimum absolute atomic E-state index is 0.251. The molecule has 132 valence electrons. The molecule has 0 spiro atoms. The number of anilines is 2. The predicted molar refractivity (Wildman–Crippen MR) is 98.7 cm³/mol. The van der Waals surface area contributed by atoms with Crippen LogP contribution in [0.1, 0.15) is 36.2 Å². The van der Waals surface area contributed by atoms with Crippen molar-refractivity contribution in [3.63, 3.8) is 0 Å². The molecule has 25 heavy (non-hydrogen) atoms. The third kappa shape index (κ3) is 4.39. The summed E-state index contributed by atoms with van der Waals surface area (Å²) in [7, 11) is 1.54. The van der Waals surface area contributed by atoms with Gasteiger partial charge < -0.3 is 15.0 Å². The minimum Gasteiger partial charge on any atom is -0.495 e. The SMILES string of the molecule is COc1ccc(Cl)cc1NC(=O)c1cnc(N2CCCCCC2)cn1. The Labute approximate surface area is 152 Å². The molecule has 6 nitrogen and oxygen atoms in total. The van der Waals surface area contributed by atoms with E-state index in [0.29, 0.717) is 16.5 Å². The van der Waals surface area contributed by atoms with Gasteiger partial charge in [0.25, 0.3) is 5.91 Å². The van der Waals surface area contributed by atoms with E-state index in [1.165, 1.54) is 39.0 Å². The number of benzene rings is 1. The second kappa shape index (κ2) is 8.16. The zero-order valence-electron chi connectivity index (χ0n) is 14.2. The van der Waals surface area contributed by atoms with Crippen LogP contribution < -0.4 is 15.0 Å². The number of halogens is 1. The summed E-state index contributed by atoms with van der Waals surface area (Å²) < 4.78 is 5.23. The summed E-state index contributed by atoms with van der Waals surface area (Å²) in [4.78, 5) is 23.3. The van der Waals surface area contributed by atoms with Crippen LogP contribution in [0.2, 0.25) is 5.02 Å². The van der Waals surface area contributed by atoms with Gasteiger partial charge in [0.05, 0.1) is 25.2 Å². The molecule has 1 N–H and O–H groups in total. The van der Waals surface area contributed by atoms with Crippen molar-refractivity contribution in [2.75, 3.05) is 30.4 Å². The first-order chi connectivity index (χ1) is 12.2. The summed E-state index contributed by atoms with van der Waals surface area (Å²) in [5, 5.41) is 3.28. The van der Waals surface area contributed by atoms with Gasteiger partial charge in [0.2, 0.25) is 0 Å². The van der Waals surface area contributed by atoms with E-state index in [9.17, 15) is 4.79 Å². The summed E-state index contributed by atoms with van der Waals surface area (Å²) in [5.41, 5.74) is 0.749. The van der Waals surface area contributed by atoms with Crippen LogP contribution in [-0.4, -0.2) is 36.1 Å². The summed E-state index contributed by atoms with van der Waals surface area (Å²) in [6.07, 6.45) is 8.01. The topological polar surface area (TPSA) is 67.3 Å². The second-order valence-corrected chi connectivity index (χ2v) is 6.40. The molecular formula is C18H21ClN4O2. The zero-order valence-corrected chi connectivity index (χ0v) is 14.9. The lowest BCUT2D eigenvalue weighted by Crippen LogP contribution is -2.25. The molecule has 1 aromatic heterocycles. The van der Waals surface area contributed by atoms with Crippen molar-refractivity contribution < 1.29 is 9.53 Å². The Kier molecular flexibility index (Phi) is 5.71. The summed E-state index contributed by atoms with van der Waals surface area (Å²) >= 11 is 5.98. The molecule has 0 aliphatic carbocycles. The van der Waals surface area contributed by atoms with E-state index in [2.05, 4.69) is 20.2 Å². The Morgan fingerprint density at radius 1 is 1.16 bits per heavy atom. The van der Waals surface area contributed by atoms with Gasteiger partial charge in [-0.1, -0.05) is 24.4 Å². The lowest BCUT2D eigenvalue weighted by molar-refractivity contribution is 0.102. The van der Waals surface area contributed by atoms with Crippen LogP contribution in [-0.2, 0) is 0 Å². The molecule has 1 amide bonds. The number of carbonyl (C=O) groups excluding carboxylic acids is 1. The van der Waals surface area contributed by atoms with Crippen LogP contribution in [0.4, 0.5) is 11.5 Å². The fourth-order valence-electron chi connectivity index (χ4n) is 2.87. The fraction of sp³-hybridized carbons (Fsp3) is 0.389. The lowest BCUT2D eigenvalue weighted by Gasteiger charge is -2.20. The number of hydrogen-bond donors (Lipinski definition) is 1. The highest BCUT2D eigenvalue weighted by molar-refractivity contribution is 6.31. The highest BCUT2D eigenvalue weighted by Gasteiger charge is 2.15. The number of rotatable bonds is 4. The van der Waals surface area contributed by atoms with Crippen LogP contribution >= 0.6 is 11.6 Å². The molecule has 1 aromatic carbocycles. The largest absolute Gasteiger partial charge is 0.495 e. The van der Waals surface area contributed by atoms with E-state index < -0.39 is 0 Å². The number of nitrogens with zero attached hydrogens (tertiary/aromatic N) is 3. The Balaban J connectivity index is 1.71. The van der Waals surface area contributed by atoms with E-state index >= 15 is 0 Å². The van der Waals surface area contributed by atoms with Gasteiger partial charge in [-0.25, -0.2) is 9.97 Å². The molecule has 0 unspecified atom stereocenters. The Hall–Kier alpha value is -2.34. The van der Waals surface area contributed by atoms with Crippen LogP contribution in [0.5, 0.6) is 5.75 Å². The molecule has 1 saturated heterocycles. The average molecular weight is 361 g/mol. The van der Waals surface area contributed by atoms with Crippen LogP contribution in [0.3, 0.4) is 0 Å². The molecule has 7 heteroatoms. The predicted octanol–water partition coefficient (Wildman–Crippen LogP) is 3.77. The molecule has 2 heterocycles. The van der Waals surface area contributed by atoms with E-state index in [4.69, 9.17) is 16.3 Å². The number of methoxy groups -OCH3 is 1. The van der Waals surface area contributed by atoms with Crippen LogP contribution in [0.25, 0.3) is 0 Å². The molecule has 0 saturated carbocycles. The maximum absolute atomic E-state index is 12.4. The number of hydrogen-bond acceptors (Lipinski definition) is 5. The third-order valence-electron chi connectivity index (χ3n) is 4.21. The van der Waals surface area contributed by atoms with Crippen molar-refractivity contribution in [2.24, 2.45) is 0 Å². The Bertz CT molecular complexity index is 728.